The van der Waals surface area contributed by atoms with Crippen LogP contribution in [0.4, 0.5) is 0 Å². The van der Waals surface area contributed by atoms with E-state index in [1.165, 1.54) is 12.8 Å². The van der Waals surface area contributed by atoms with E-state index in [0.717, 1.165) is 27.6 Å². The highest BCUT2D eigenvalue weighted by molar-refractivity contribution is 7.99. The van der Waals surface area contributed by atoms with Gasteiger partial charge in [0.25, 0.3) is 0 Å². The lowest BCUT2D eigenvalue weighted by Crippen LogP contribution is -2.18. The number of oxime groups is 1. The first kappa shape index (κ1) is 14.0. The van der Waals surface area contributed by atoms with E-state index >= 15 is 0 Å². The second-order valence-corrected chi connectivity index (χ2v) is 6.33. The van der Waals surface area contributed by atoms with Crippen LogP contribution in [0.25, 0.3) is 5.69 Å². The van der Waals surface area contributed by atoms with Gasteiger partial charge in [0.2, 0.25) is 0 Å². The predicted molar refractivity (Wildman–Crippen MR) is 84.4 cm³/mol. The summed E-state index contributed by atoms with van der Waals surface area (Å²) in [5, 5.41) is 16.9. The molecule has 0 radical (unpaired) electrons. The van der Waals surface area contributed by atoms with Gasteiger partial charge in [-0.3, -0.25) is 0 Å². The van der Waals surface area contributed by atoms with Crippen molar-refractivity contribution in [2.24, 2.45) is 10.9 Å². The van der Waals surface area contributed by atoms with E-state index in [1.54, 1.807) is 11.8 Å². The molecule has 110 valence electrons. The molecule has 1 aromatic carbocycles. The average Bonchev–Trinajstić information content (AvgIpc) is 3.24. The number of benzene rings is 1. The molecule has 1 fully saturated rings. The number of thioether (sulfide) groups is 1. The van der Waals surface area contributed by atoms with Crippen molar-refractivity contribution >= 4 is 17.6 Å². The summed E-state index contributed by atoms with van der Waals surface area (Å²) in [7, 11) is 0. The molecule has 0 atom stereocenters. The Morgan fingerprint density at radius 2 is 2.29 bits per heavy atom. The molecule has 6 heteroatoms. The van der Waals surface area contributed by atoms with Gasteiger partial charge in [0.15, 0.2) is 5.84 Å². The van der Waals surface area contributed by atoms with E-state index in [0.29, 0.717) is 5.92 Å². The molecule has 0 aliphatic heterocycles. The predicted octanol–water partition coefficient (Wildman–Crippen LogP) is 2.96. The van der Waals surface area contributed by atoms with Crippen LogP contribution >= 0.6 is 11.8 Å². The van der Waals surface area contributed by atoms with Crippen LogP contribution in [0.1, 0.15) is 36.9 Å². The zero-order valence-electron chi connectivity index (χ0n) is 11.9. The number of hydrogen-bond acceptors (Lipinski definition) is 4. The molecule has 1 heterocycles. The first-order valence-electron chi connectivity index (χ1n) is 7.04. The summed E-state index contributed by atoms with van der Waals surface area (Å²) in [4.78, 5) is 0.994. The van der Waals surface area contributed by atoms with E-state index in [4.69, 9.17) is 10.9 Å². The van der Waals surface area contributed by atoms with Gasteiger partial charge in [0, 0.05) is 17.0 Å². The number of nitrogens with two attached hydrogens (primary N) is 1. The number of nitrogens with zero attached hydrogens (tertiary/aromatic N) is 3. The van der Waals surface area contributed by atoms with E-state index in [2.05, 4.69) is 17.2 Å². The third-order valence-corrected chi connectivity index (χ3v) is 4.46. The van der Waals surface area contributed by atoms with Gasteiger partial charge >= 0.3 is 0 Å². The average molecular weight is 302 g/mol. The Balaban J connectivity index is 2.08. The quantitative estimate of drug-likeness (QED) is 0.293. The summed E-state index contributed by atoms with van der Waals surface area (Å²) in [6.45, 7) is 2.08. The highest BCUT2D eigenvalue weighted by Gasteiger charge is 2.26. The minimum atomic E-state index is 0.116. The smallest absolute Gasteiger partial charge is 0.173 e. The van der Waals surface area contributed by atoms with E-state index in [1.807, 2.05) is 35.1 Å². The second kappa shape index (κ2) is 5.81. The largest absolute Gasteiger partial charge is 0.409 e. The highest BCUT2D eigenvalue weighted by atomic mass is 32.2. The monoisotopic (exact) mass is 302 g/mol. The maximum Gasteiger partial charge on any atom is 0.173 e. The van der Waals surface area contributed by atoms with Crippen LogP contribution in [0.2, 0.25) is 0 Å². The van der Waals surface area contributed by atoms with E-state index in [-0.39, 0.29) is 5.84 Å². The molecule has 3 rings (SSSR count). The number of hydrogen-bond donors (Lipinski definition) is 2. The minimum Gasteiger partial charge on any atom is -0.409 e. The fourth-order valence-corrected chi connectivity index (χ4v) is 3.20. The van der Waals surface area contributed by atoms with Crippen LogP contribution < -0.4 is 5.73 Å². The van der Waals surface area contributed by atoms with Crippen LogP contribution in [0, 0.1) is 0 Å². The topological polar surface area (TPSA) is 76.4 Å². The van der Waals surface area contributed by atoms with Crippen LogP contribution in [-0.2, 0) is 0 Å². The van der Waals surface area contributed by atoms with Crippen LogP contribution in [0.5, 0.6) is 0 Å². The molecule has 1 aliphatic carbocycles. The molecule has 5 nitrogen and oxygen atoms in total. The van der Waals surface area contributed by atoms with Crippen LogP contribution in [0.3, 0.4) is 0 Å². The molecular weight excluding hydrogens is 284 g/mol. The summed E-state index contributed by atoms with van der Waals surface area (Å²) in [5.41, 5.74) is 8.58. The Bertz CT molecular complexity index is 676. The van der Waals surface area contributed by atoms with Gasteiger partial charge < -0.3 is 10.9 Å². The van der Waals surface area contributed by atoms with Gasteiger partial charge in [-0.1, -0.05) is 18.1 Å². The lowest BCUT2D eigenvalue weighted by atomic mass is 10.1. The fraction of sp³-hybridized carbons (Fsp3) is 0.333. The SMILES string of the molecule is CCSc1cccc(-n2ccc(C3CC3)n2)c1/C(N)=N/O. The van der Waals surface area contributed by atoms with Gasteiger partial charge in [-0.15, -0.1) is 11.8 Å². The van der Waals surface area contributed by atoms with Crippen molar-refractivity contribution in [3.05, 3.63) is 41.7 Å². The molecule has 3 N–H and O–H groups in total. The van der Waals surface area contributed by atoms with Crippen molar-refractivity contribution in [2.45, 2.75) is 30.6 Å². The van der Waals surface area contributed by atoms with Crippen LogP contribution in [-0.4, -0.2) is 26.6 Å². The number of aromatic nitrogens is 2. The van der Waals surface area contributed by atoms with Crippen molar-refractivity contribution in [2.75, 3.05) is 5.75 Å². The molecule has 1 aromatic heterocycles. The third kappa shape index (κ3) is 2.76. The van der Waals surface area contributed by atoms with Gasteiger partial charge in [0.05, 0.1) is 16.9 Å². The molecule has 0 amide bonds. The second-order valence-electron chi connectivity index (χ2n) is 5.03. The van der Waals surface area contributed by atoms with Crippen molar-refractivity contribution in [3.8, 4) is 5.69 Å². The Morgan fingerprint density at radius 1 is 1.48 bits per heavy atom. The molecule has 0 saturated heterocycles. The Morgan fingerprint density at radius 3 is 2.95 bits per heavy atom. The first-order chi connectivity index (χ1) is 10.2. The fourth-order valence-electron chi connectivity index (χ4n) is 2.36. The Kier molecular flexibility index (Phi) is 3.88. The summed E-state index contributed by atoms with van der Waals surface area (Å²) < 4.78 is 1.82. The normalized spacial score (nSPS) is 15.4. The lowest BCUT2D eigenvalue weighted by Gasteiger charge is -2.13. The summed E-state index contributed by atoms with van der Waals surface area (Å²) in [6.07, 6.45) is 4.38. The van der Waals surface area contributed by atoms with Crippen molar-refractivity contribution in [1.29, 1.82) is 0 Å². The molecule has 0 unspecified atom stereocenters. The van der Waals surface area contributed by atoms with Crippen molar-refractivity contribution in [1.82, 2.24) is 9.78 Å². The molecular formula is C15H18N4OS. The molecule has 0 bridgehead atoms. The van der Waals surface area contributed by atoms with Crippen molar-refractivity contribution in [3.63, 3.8) is 0 Å². The number of amidine groups is 1. The Hall–Kier alpha value is -1.95. The number of rotatable bonds is 5. The summed E-state index contributed by atoms with van der Waals surface area (Å²) in [6, 6.07) is 7.94. The molecule has 21 heavy (non-hydrogen) atoms. The van der Waals surface area contributed by atoms with Gasteiger partial charge in [-0.05, 0) is 36.8 Å². The van der Waals surface area contributed by atoms with Gasteiger partial charge in [0.1, 0.15) is 0 Å². The molecule has 0 spiro atoms. The zero-order valence-corrected chi connectivity index (χ0v) is 12.7. The minimum absolute atomic E-state index is 0.116. The summed E-state index contributed by atoms with van der Waals surface area (Å²) >= 11 is 1.67. The Labute approximate surface area is 127 Å². The zero-order chi connectivity index (χ0) is 14.8. The van der Waals surface area contributed by atoms with Crippen molar-refractivity contribution < 1.29 is 5.21 Å². The third-order valence-electron chi connectivity index (χ3n) is 3.52. The standard InChI is InChI=1S/C15H18N4OS/c1-2-21-13-5-3-4-12(14(13)15(16)18-20)19-9-8-11(17-19)10-6-7-10/h3-5,8-10,20H,2,6-7H2,1H3,(H2,16,18). The van der Waals surface area contributed by atoms with Crippen LogP contribution in [0.15, 0.2) is 40.5 Å². The molecule has 1 saturated carbocycles. The maximum absolute atomic E-state index is 9.08. The first-order valence-corrected chi connectivity index (χ1v) is 8.02. The highest BCUT2D eigenvalue weighted by Crippen LogP contribution is 2.39. The summed E-state index contributed by atoms with van der Waals surface area (Å²) in [5.74, 6) is 1.64. The lowest BCUT2D eigenvalue weighted by molar-refractivity contribution is 0.318. The molecule has 1 aliphatic rings. The molecule has 2 aromatic rings. The van der Waals surface area contributed by atoms with E-state index < -0.39 is 0 Å². The van der Waals surface area contributed by atoms with E-state index in [9.17, 15) is 0 Å². The van der Waals surface area contributed by atoms with Gasteiger partial charge in [-0.25, -0.2) is 4.68 Å². The van der Waals surface area contributed by atoms with Gasteiger partial charge in [-0.2, -0.15) is 5.10 Å². The maximum atomic E-state index is 9.08.